The zero-order valence-electron chi connectivity index (χ0n) is 19.2. The first-order chi connectivity index (χ1) is 16.0. The van der Waals surface area contributed by atoms with Gasteiger partial charge in [-0.25, -0.2) is 4.98 Å². The van der Waals surface area contributed by atoms with Crippen LogP contribution in [0.3, 0.4) is 0 Å². The molecule has 1 N–H and O–H groups in total. The summed E-state index contributed by atoms with van der Waals surface area (Å²) >= 11 is 0. The molecule has 3 aromatic rings. The zero-order chi connectivity index (χ0) is 23.4. The Morgan fingerprint density at radius 2 is 1.91 bits per heavy atom. The van der Waals surface area contributed by atoms with Crippen molar-refractivity contribution in [3.05, 3.63) is 65.6 Å². The van der Waals surface area contributed by atoms with Gasteiger partial charge in [-0.3, -0.25) is 14.2 Å². The number of carbonyl (C=O) groups excluding carboxylic acids is 1. The molecular weight excluding hydrogens is 416 g/mol. The van der Waals surface area contributed by atoms with Gasteiger partial charge >= 0.3 is 0 Å². The van der Waals surface area contributed by atoms with Crippen LogP contribution in [0.15, 0.2) is 60.0 Å². The second-order valence-corrected chi connectivity index (χ2v) is 8.24. The van der Waals surface area contributed by atoms with Crippen molar-refractivity contribution in [1.29, 1.82) is 0 Å². The maximum atomic E-state index is 12.6. The minimum atomic E-state index is -0.0888. The molecule has 0 spiro atoms. The van der Waals surface area contributed by atoms with Crippen molar-refractivity contribution in [3.8, 4) is 0 Å². The van der Waals surface area contributed by atoms with E-state index in [2.05, 4.69) is 52.7 Å². The fourth-order valence-electron chi connectivity index (χ4n) is 4.19. The second-order valence-electron chi connectivity index (χ2n) is 8.24. The van der Waals surface area contributed by atoms with E-state index in [-0.39, 0.29) is 11.5 Å². The van der Waals surface area contributed by atoms with Crippen LogP contribution in [0.1, 0.15) is 20.3 Å². The van der Waals surface area contributed by atoms with Crippen molar-refractivity contribution in [2.75, 3.05) is 36.4 Å². The van der Waals surface area contributed by atoms with Crippen LogP contribution in [0.2, 0.25) is 0 Å². The molecule has 4 rings (SSSR count). The topological polar surface area (TPSA) is 83.4 Å². The third-order valence-electron chi connectivity index (χ3n) is 6.18. The molecule has 8 nitrogen and oxygen atoms in total. The van der Waals surface area contributed by atoms with E-state index < -0.39 is 0 Å². The second kappa shape index (κ2) is 9.85. The Morgan fingerprint density at radius 3 is 2.58 bits per heavy atom. The molecule has 1 saturated heterocycles. The van der Waals surface area contributed by atoms with E-state index in [1.807, 2.05) is 12.1 Å². The van der Waals surface area contributed by atoms with Gasteiger partial charge in [0.15, 0.2) is 0 Å². The number of hydrogen-bond acceptors (Lipinski definition) is 6. The van der Waals surface area contributed by atoms with Crippen LogP contribution in [0.25, 0.3) is 11.0 Å². The zero-order valence-corrected chi connectivity index (χ0v) is 19.2. The first-order valence-electron chi connectivity index (χ1n) is 11.4. The number of likely N-dealkylation sites (tertiary alicyclic amines) is 1. The number of fused-ring (bicyclic) bond motifs is 1. The number of pyridine rings is 1. The number of nitrogens with one attached hydrogen (secondary N) is 1. The summed E-state index contributed by atoms with van der Waals surface area (Å²) in [6.45, 7) is 11.7. The monoisotopic (exact) mass is 446 g/mol. The average Bonchev–Trinajstić information content (AvgIpc) is 2.81. The highest BCUT2D eigenvalue weighted by atomic mass is 16.2. The summed E-state index contributed by atoms with van der Waals surface area (Å²) < 4.78 is 1.70. The standard InChI is InChI=1S/C25H30N6O2/c1-4-22(32)30-16-18(17-30)13-14-31-23(33)12-7-19-15-26-25(28-24(19)31)27-20-8-10-21(11-9-20)29(5-2)6-3/h4,7-12,15,18H,1,5-6,13-14,16-17H2,2-3H3,(H,26,27,28). The maximum absolute atomic E-state index is 12.6. The number of aromatic nitrogens is 3. The largest absolute Gasteiger partial charge is 0.372 e. The molecule has 0 atom stereocenters. The van der Waals surface area contributed by atoms with E-state index in [1.165, 1.54) is 11.8 Å². The maximum Gasteiger partial charge on any atom is 0.252 e. The Morgan fingerprint density at radius 1 is 1.18 bits per heavy atom. The fraction of sp³-hybridized carbons (Fsp3) is 0.360. The van der Waals surface area contributed by atoms with E-state index in [9.17, 15) is 9.59 Å². The van der Waals surface area contributed by atoms with Gasteiger partial charge in [-0.2, -0.15) is 4.98 Å². The summed E-state index contributed by atoms with van der Waals surface area (Å²) in [7, 11) is 0. The summed E-state index contributed by atoms with van der Waals surface area (Å²) in [6, 6.07) is 11.5. The SMILES string of the molecule is C=CC(=O)N1CC(CCn2c(=O)ccc3cnc(Nc4ccc(N(CC)CC)cc4)nc32)C1. The lowest BCUT2D eigenvalue weighted by Crippen LogP contribution is -2.49. The summed E-state index contributed by atoms with van der Waals surface area (Å²) in [5.74, 6) is 0.783. The van der Waals surface area contributed by atoms with Crippen LogP contribution in [-0.4, -0.2) is 51.5 Å². The van der Waals surface area contributed by atoms with Crippen LogP contribution in [0.5, 0.6) is 0 Å². The summed E-state index contributed by atoms with van der Waals surface area (Å²) in [5, 5.41) is 4.06. The minimum absolute atomic E-state index is 0.0397. The lowest BCUT2D eigenvalue weighted by Gasteiger charge is -2.38. The van der Waals surface area contributed by atoms with Crippen molar-refractivity contribution in [1.82, 2.24) is 19.4 Å². The minimum Gasteiger partial charge on any atom is -0.372 e. The van der Waals surface area contributed by atoms with E-state index in [0.29, 0.717) is 37.1 Å². The Bertz CT molecular complexity index is 1190. The Kier molecular flexibility index (Phi) is 6.72. The molecule has 0 unspecified atom stereocenters. The molecule has 1 aliphatic rings. The average molecular weight is 447 g/mol. The smallest absolute Gasteiger partial charge is 0.252 e. The van der Waals surface area contributed by atoms with Gasteiger partial charge in [0, 0.05) is 61.7 Å². The van der Waals surface area contributed by atoms with E-state index in [1.54, 1.807) is 27.8 Å². The van der Waals surface area contributed by atoms with Crippen LogP contribution < -0.4 is 15.8 Å². The molecule has 0 aliphatic carbocycles. The van der Waals surface area contributed by atoms with Crippen LogP contribution in [0, 0.1) is 5.92 Å². The molecular formula is C25H30N6O2. The first-order valence-corrected chi connectivity index (χ1v) is 11.4. The lowest BCUT2D eigenvalue weighted by atomic mass is 9.96. The number of anilines is 3. The molecule has 0 saturated carbocycles. The Hall–Kier alpha value is -3.68. The van der Waals surface area contributed by atoms with E-state index in [0.717, 1.165) is 30.6 Å². The number of aryl methyl sites for hydroxylation is 1. The number of rotatable bonds is 9. The van der Waals surface area contributed by atoms with Gasteiger partial charge in [-0.15, -0.1) is 0 Å². The third-order valence-corrected chi connectivity index (χ3v) is 6.18. The molecule has 172 valence electrons. The van der Waals surface area contributed by atoms with E-state index >= 15 is 0 Å². The van der Waals surface area contributed by atoms with Crippen molar-refractivity contribution >= 4 is 34.3 Å². The van der Waals surface area contributed by atoms with Gasteiger partial charge in [-0.1, -0.05) is 6.58 Å². The third kappa shape index (κ3) is 4.89. The number of nitrogens with zero attached hydrogens (tertiary/aromatic N) is 5. The first kappa shape index (κ1) is 22.5. The van der Waals surface area contributed by atoms with Crippen LogP contribution in [-0.2, 0) is 11.3 Å². The molecule has 0 bridgehead atoms. The highest BCUT2D eigenvalue weighted by Crippen LogP contribution is 2.22. The molecule has 0 radical (unpaired) electrons. The highest BCUT2D eigenvalue weighted by Gasteiger charge is 2.28. The molecule has 2 aromatic heterocycles. The number of carbonyl (C=O) groups is 1. The van der Waals surface area contributed by atoms with Crippen molar-refractivity contribution in [3.63, 3.8) is 0 Å². The fourth-order valence-corrected chi connectivity index (χ4v) is 4.19. The van der Waals surface area contributed by atoms with Gasteiger partial charge < -0.3 is 15.1 Å². The lowest BCUT2D eigenvalue weighted by molar-refractivity contribution is -0.132. The van der Waals surface area contributed by atoms with Gasteiger partial charge in [0.1, 0.15) is 5.65 Å². The Labute approximate surface area is 193 Å². The highest BCUT2D eigenvalue weighted by molar-refractivity contribution is 5.87. The molecule has 3 heterocycles. The molecule has 8 heteroatoms. The molecule has 1 aliphatic heterocycles. The predicted octanol–water partition coefficient (Wildman–Crippen LogP) is 3.42. The molecule has 1 amide bonds. The molecule has 1 aromatic carbocycles. The number of amides is 1. The van der Waals surface area contributed by atoms with Gasteiger partial charge in [0.05, 0.1) is 0 Å². The van der Waals surface area contributed by atoms with Crippen molar-refractivity contribution in [2.45, 2.75) is 26.8 Å². The molecule has 33 heavy (non-hydrogen) atoms. The quantitative estimate of drug-likeness (QED) is 0.507. The van der Waals surface area contributed by atoms with Crippen molar-refractivity contribution < 1.29 is 4.79 Å². The Balaban J connectivity index is 1.49. The normalized spacial score (nSPS) is 13.6. The summed E-state index contributed by atoms with van der Waals surface area (Å²) in [4.78, 5) is 37.4. The summed E-state index contributed by atoms with van der Waals surface area (Å²) in [6.07, 6.45) is 3.88. The molecule has 1 fully saturated rings. The van der Waals surface area contributed by atoms with Gasteiger partial charge in [-0.05, 0) is 62.6 Å². The van der Waals surface area contributed by atoms with Crippen LogP contribution in [0.4, 0.5) is 17.3 Å². The predicted molar refractivity (Wildman–Crippen MR) is 132 cm³/mol. The van der Waals surface area contributed by atoms with Gasteiger partial charge in [0.2, 0.25) is 11.9 Å². The summed E-state index contributed by atoms with van der Waals surface area (Å²) in [5.41, 5.74) is 2.58. The van der Waals surface area contributed by atoms with Crippen LogP contribution >= 0.6 is 0 Å². The number of benzene rings is 1. The van der Waals surface area contributed by atoms with E-state index in [4.69, 9.17) is 0 Å². The van der Waals surface area contributed by atoms with Crippen molar-refractivity contribution in [2.24, 2.45) is 5.92 Å². The van der Waals surface area contributed by atoms with Gasteiger partial charge in [0.25, 0.3) is 5.56 Å². The number of hydrogen-bond donors (Lipinski definition) is 1.